The van der Waals surface area contributed by atoms with Gasteiger partial charge in [0.05, 0.1) is 11.4 Å². The van der Waals surface area contributed by atoms with Crippen LogP contribution in [0.3, 0.4) is 0 Å². The Morgan fingerprint density at radius 1 is 0.486 bits per heavy atom. The van der Waals surface area contributed by atoms with Gasteiger partial charge in [-0.3, -0.25) is 0 Å². The Labute approximate surface area is 216 Å². The fourth-order valence-electron chi connectivity index (χ4n) is 5.88. The topological polar surface area (TPSA) is 17.8 Å². The molecule has 7 rings (SSSR count). The van der Waals surface area contributed by atoms with E-state index in [1.54, 1.807) is 0 Å². The molecule has 2 heteroatoms. The lowest BCUT2D eigenvalue weighted by Gasteiger charge is -2.18. The van der Waals surface area contributed by atoms with Gasteiger partial charge in [-0.25, -0.2) is 4.68 Å². The molecule has 0 saturated heterocycles. The lowest BCUT2D eigenvalue weighted by molar-refractivity contribution is 0.835. The molecule has 0 saturated carbocycles. The molecule has 0 unspecified atom stereocenters. The van der Waals surface area contributed by atoms with Gasteiger partial charge >= 0.3 is 0 Å². The maximum atomic E-state index is 5.07. The Hall–Kier alpha value is -4.69. The number of aromatic nitrogens is 2. The first-order chi connectivity index (χ1) is 18.2. The Morgan fingerprint density at radius 3 is 1.68 bits per heavy atom. The van der Waals surface area contributed by atoms with E-state index in [0.29, 0.717) is 0 Å². The molecule has 1 heterocycles. The van der Waals surface area contributed by atoms with Crippen molar-refractivity contribution in [2.75, 3.05) is 0 Å². The Kier molecular flexibility index (Phi) is 4.93. The van der Waals surface area contributed by atoms with E-state index in [9.17, 15) is 0 Å². The minimum atomic E-state index is 1.04. The highest BCUT2D eigenvalue weighted by Crippen LogP contribution is 2.45. The quantitative estimate of drug-likeness (QED) is 0.233. The third-order valence-corrected chi connectivity index (χ3v) is 7.51. The molecule has 37 heavy (non-hydrogen) atoms. The summed E-state index contributed by atoms with van der Waals surface area (Å²) in [6.45, 7) is 4.33. The van der Waals surface area contributed by atoms with Crippen LogP contribution in [0.4, 0.5) is 0 Å². The van der Waals surface area contributed by atoms with E-state index in [0.717, 1.165) is 17.1 Å². The van der Waals surface area contributed by atoms with E-state index in [2.05, 4.69) is 140 Å². The fraction of sp³-hybridized carbons (Fsp3) is 0.0571. The summed E-state index contributed by atoms with van der Waals surface area (Å²) in [7, 11) is 0. The van der Waals surface area contributed by atoms with Gasteiger partial charge in [-0.2, -0.15) is 5.10 Å². The van der Waals surface area contributed by atoms with Gasteiger partial charge in [0.25, 0.3) is 0 Å². The van der Waals surface area contributed by atoms with Gasteiger partial charge in [-0.1, -0.05) is 109 Å². The summed E-state index contributed by atoms with van der Waals surface area (Å²) < 4.78 is 2.10. The highest BCUT2D eigenvalue weighted by molar-refractivity contribution is 6.21. The fourth-order valence-corrected chi connectivity index (χ4v) is 5.88. The largest absolute Gasteiger partial charge is 0.237 e. The molecule has 0 fully saturated rings. The molecule has 0 radical (unpaired) electrons. The first kappa shape index (κ1) is 21.6. The van der Waals surface area contributed by atoms with Crippen molar-refractivity contribution < 1.29 is 0 Å². The third kappa shape index (κ3) is 3.37. The molecule has 1 aromatic heterocycles. The monoisotopic (exact) mass is 474 g/mol. The molecule has 0 amide bonds. The van der Waals surface area contributed by atoms with Crippen molar-refractivity contribution >= 4 is 32.3 Å². The molecule has 6 aromatic carbocycles. The zero-order chi connectivity index (χ0) is 24.9. The minimum Gasteiger partial charge on any atom is -0.237 e. The summed E-state index contributed by atoms with van der Waals surface area (Å²) in [6, 6.07) is 43.4. The van der Waals surface area contributed by atoms with Crippen molar-refractivity contribution in [3.63, 3.8) is 0 Å². The van der Waals surface area contributed by atoms with Gasteiger partial charge in [-0.15, -0.1) is 0 Å². The number of fused-ring (bicyclic) bond motifs is 3. The van der Waals surface area contributed by atoms with E-state index < -0.39 is 0 Å². The van der Waals surface area contributed by atoms with Crippen LogP contribution in [0.15, 0.2) is 121 Å². The summed E-state index contributed by atoms with van der Waals surface area (Å²) in [5.41, 5.74) is 8.26. The average Bonchev–Trinajstić information content (AvgIpc) is 3.25. The normalized spacial score (nSPS) is 11.5. The molecule has 0 bridgehead atoms. The standard InChI is InChI=1S/C35H26N2/c1-23-33(24(2)37(36-23)28-21-20-25-12-6-7-15-27(25)22-28)35-31-18-10-8-16-29(31)34(26-13-4-3-5-14-26)30-17-9-11-19-32(30)35/h3-22H,1-2H3. The minimum absolute atomic E-state index is 1.04. The number of hydrogen-bond acceptors (Lipinski definition) is 1. The second kappa shape index (κ2) is 8.46. The Bertz CT molecular complexity index is 1890. The number of rotatable bonds is 3. The zero-order valence-electron chi connectivity index (χ0n) is 20.9. The van der Waals surface area contributed by atoms with E-state index in [1.165, 1.54) is 54.6 Å². The molecule has 0 atom stereocenters. The Morgan fingerprint density at radius 2 is 1.03 bits per heavy atom. The van der Waals surface area contributed by atoms with Crippen molar-refractivity contribution in [3.8, 4) is 27.9 Å². The van der Waals surface area contributed by atoms with E-state index in [1.807, 2.05) is 0 Å². The maximum absolute atomic E-state index is 5.07. The first-order valence-electron chi connectivity index (χ1n) is 12.8. The molecule has 0 aliphatic heterocycles. The van der Waals surface area contributed by atoms with Gasteiger partial charge in [0.1, 0.15) is 0 Å². The molecule has 176 valence electrons. The summed E-state index contributed by atoms with van der Waals surface area (Å²) in [6.07, 6.45) is 0. The molecule has 7 aromatic rings. The molecule has 0 aliphatic rings. The van der Waals surface area contributed by atoms with Crippen LogP contribution in [0, 0.1) is 13.8 Å². The Balaban J connectivity index is 1.55. The number of nitrogens with zero attached hydrogens (tertiary/aromatic N) is 2. The molecular weight excluding hydrogens is 448 g/mol. The molecule has 0 spiro atoms. The van der Waals surface area contributed by atoms with Crippen molar-refractivity contribution in [2.45, 2.75) is 13.8 Å². The lowest BCUT2D eigenvalue weighted by atomic mass is 9.85. The molecule has 2 nitrogen and oxygen atoms in total. The second-order valence-electron chi connectivity index (χ2n) is 9.70. The van der Waals surface area contributed by atoms with E-state index in [4.69, 9.17) is 5.10 Å². The lowest BCUT2D eigenvalue weighted by Crippen LogP contribution is -1.99. The number of aryl methyl sites for hydroxylation is 1. The summed E-state index contributed by atoms with van der Waals surface area (Å²) in [4.78, 5) is 0. The van der Waals surface area contributed by atoms with Crippen LogP contribution in [-0.2, 0) is 0 Å². The summed E-state index contributed by atoms with van der Waals surface area (Å²) in [5.74, 6) is 0. The van der Waals surface area contributed by atoms with E-state index >= 15 is 0 Å². The van der Waals surface area contributed by atoms with Gasteiger partial charge < -0.3 is 0 Å². The summed E-state index contributed by atoms with van der Waals surface area (Å²) >= 11 is 0. The van der Waals surface area contributed by atoms with Crippen LogP contribution < -0.4 is 0 Å². The van der Waals surface area contributed by atoms with Crippen LogP contribution in [0.2, 0.25) is 0 Å². The predicted molar refractivity (Wildman–Crippen MR) is 156 cm³/mol. The molecular formula is C35H26N2. The predicted octanol–water partition coefficient (Wildman–Crippen LogP) is 9.28. The van der Waals surface area contributed by atoms with Crippen LogP contribution in [0.5, 0.6) is 0 Å². The SMILES string of the molecule is Cc1nn(-c2ccc3ccccc3c2)c(C)c1-c1c2ccccc2c(-c2ccccc2)c2ccccc12. The number of hydrogen-bond donors (Lipinski definition) is 0. The van der Waals surface area contributed by atoms with Gasteiger partial charge in [-0.05, 0) is 69.4 Å². The van der Waals surface area contributed by atoms with Crippen molar-refractivity contribution in [1.82, 2.24) is 9.78 Å². The highest BCUT2D eigenvalue weighted by atomic mass is 15.3. The van der Waals surface area contributed by atoms with Gasteiger partial charge in [0.15, 0.2) is 0 Å². The van der Waals surface area contributed by atoms with Crippen molar-refractivity contribution in [3.05, 3.63) is 133 Å². The zero-order valence-corrected chi connectivity index (χ0v) is 20.9. The van der Waals surface area contributed by atoms with E-state index in [-0.39, 0.29) is 0 Å². The maximum Gasteiger partial charge on any atom is 0.0679 e. The van der Waals surface area contributed by atoms with Crippen LogP contribution in [-0.4, -0.2) is 9.78 Å². The van der Waals surface area contributed by atoms with Crippen molar-refractivity contribution in [1.29, 1.82) is 0 Å². The van der Waals surface area contributed by atoms with Gasteiger partial charge in [0.2, 0.25) is 0 Å². The first-order valence-corrected chi connectivity index (χ1v) is 12.8. The highest BCUT2D eigenvalue weighted by Gasteiger charge is 2.22. The van der Waals surface area contributed by atoms with Crippen LogP contribution >= 0.6 is 0 Å². The second-order valence-corrected chi connectivity index (χ2v) is 9.70. The smallest absolute Gasteiger partial charge is 0.0679 e. The van der Waals surface area contributed by atoms with Crippen LogP contribution in [0.1, 0.15) is 11.4 Å². The van der Waals surface area contributed by atoms with Gasteiger partial charge in [0, 0.05) is 16.8 Å². The summed E-state index contributed by atoms with van der Waals surface area (Å²) in [5, 5.41) is 12.6. The molecule has 0 N–H and O–H groups in total. The van der Waals surface area contributed by atoms with Crippen molar-refractivity contribution in [2.24, 2.45) is 0 Å². The average molecular weight is 475 g/mol. The van der Waals surface area contributed by atoms with Crippen LogP contribution in [0.25, 0.3) is 60.3 Å². The third-order valence-electron chi connectivity index (χ3n) is 7.51. The number of benzene rings is 6. The molecule has 0 aliphatic carbocycles.